The third-order valence-corrected chi connectivity index (χ3v) is 5.65. The number of carbonyl (C=O) groups is 1. The summed E-state index contributed by atoms with van der Waals surface area (Å²) >= 11 is 6.47. The molecule has 0 saturated heterocycles. The lowest BCUT2D eigenvalue weighted by atomic mass is 10.0. The van der Waals surface area contributed by atoms with E-state index in [9.17, 15) is 4.79 Å². The summed E-state index contributed by atoms with van der Waals surface area (Å²) in [5, 5.41) is 7.55. The van der Waals surface area contributed by atoms with Crippen LogP contribution in [0.5, 0.6) is 5.75 Å². The van der Waals surface area contributed by atoms with Gasteiger partial charge in [-0.05, 0) is 24.6 Å². The summed E-state index contributed by atoms with van der Waals surface area (Å²) < 4.78 is 11.3. The summed E-state index contributed by atoms with van der Waals surface area (Å²) in [6.45, 7) is 2.05. The molecule has 1 N–H and O–H groups in total. The monoisotopic (exact) mass is 446 g/mol. The molecule has 32 heavy (non-hydrogen) atoms. The Bertz CT molecular complexity index is 1280. The average Bonchev–Trinajstić information content (AvgIpc) is 3.42. The van der Waals surface area contributed by atoms with Gasteiger partial charge in [-0.2, -0.15) is 0 Å². The number of halogens is 1. The summed E-state index contributed by atoms with van der Waals surface area (Å²) in [4.78, 5) is 21.1. The molecule has 4 aromatic rings. The second-order valence-electron chi connectivity index (χ2n) is 7.56. The normalized spacial score (nSPS) is 14.6. The predicted octanol–water partition coefficient (Wildman–Crippen LogP) is 4.49. The number of nitrogens with zero attached hydrogens (tertiary/aromatic N) is 3. The van der Waals surface area contributed by atoms with Gasteiger partial charge in [0.05, 0.1) is 11.6 Å². The summed E-state index contributed by atoms with van der Waals surface area (Å²) in [7, 11) is 0. The number of aromatic nitrogens is 3. The van der Waals surface area contributed by atoms with Crippen LogP contribution in [0.15, 0.2) is 65.7 Å². The van der Waals surface area contributed by atoms with E-state index in [1.807, 2.05) is 42.5 Å². The van der Waals surface area contributed by atoms with Crippen LogP contribution < -0.4 is 10.1 Å². The number of amides is 1. The molecule has 2 aromatic heterocycles. The van der Waals surface area contributed by atoms with Crippen LogP contribution in [0.1, 0.15) is 21.7 Å². The van der Waals surface area contributed by atoms with Gasteiger partial charge in [0.15, 0.2) is 0 Å². The fourth-order valence-electron chi connectivity index (χ4n) is 3.84. The van der Waals surface area contributed by atoms with Crippen molar-refractivity contribution in [2.75, 3.05) is 6.54 Å². The van der Waals surface area contributed by atoms with Crippen LogP contribution in [0.2, 0.25) is 5.02 Å². The van der Waals surface area contributed by atoms with E-state index in [1.54, 1.807) is 19.3 Å². The van der Waals surface area contributed by atoms with E-state index >= 15 is 0 Å². The first-order chi connectivity index (χ1) is 15.6. The third-order valence-electron chi connectivity index (χ3n) is 5.37. The Morgan fingerprint density at radius 1 is 1.12 bits per heavy atom. The van der Waals surface area contributed by atoms with E-state index < -0.39 is 0 Å². The Hall–Kier alpha value is -3.71. The third kappa shape index (κ3) is 3.83. The van der Waals surface area contributed by atoms with Crippen LogP contribution >= 0.6 is 11.6 Å². The summed E-state index contributed by atoms with van der Waals surface area (Å²) in [6.07, 6.45) is 5.37. The fraction of sp³-hybridized carbons (Fsp3) is 0.167. The highest BCUT2D eigenvalue weighted by Gasteiger charge is 2.28. The number of fused-ring (bicyclic) bond motifs is 1. The summed E-state index contributed by atoms with van der Waals surface area (Å²) in [6, 6.07) is 13.3. The molecule has 0 fully saturated rings. The van der Waals surface area contributed by atoms with Gasteiger partial charge in [0.2, 0.25) is 0 Å². The molecule has 5 rings (SSSR count). The molecule has 160 valence electrons. The maximum absolute atomic E-state index is 12.9. The lowest BCUT2D eigenvalue weighted by molar-refractivity contribution is 0.0932. The number of benzene rings is 2. The molecule has 1 aliphatic heterocycles. The van der Waals surface area contributed by atoms with Gasteiger partial charge in [0.1, 0.15) is 35.2 Å². The molecular weight excluding hydrogens is 428 g/mol. The van der Waals surface area contributed by atoms with E-state index in [-0.39, 0.29) is 12.0 Å². The van der Waals surface area contributed by atoms with Gasteiger partial charge in [-0.3, -0.25) is 4.79 Å². The maximum Gasteiger partial charge on any atom is 0.257 e. The van der Waals surface area contributed by atoms with Crippen LogP contribution in [-0.4, -0.2) is 33.7 Å². The molecule has 2 aromatic carbocycles. The first-order valence-corrected chi connectivity index (χ1v) is 10.5. The highest BCUT2D eigenvalue weighted by atomic mass is 35.5. The van der Waals surface area contributed by atoms with Gasteiger partial charge in [0.25, 0.3) is 5.91 Å². The number of carbonyl (C=O) groups excluding carboxylic acids is 1. The zero-order chi connectivity index (χ0) is 22.1. The van der Waals surface area contributed by atoms with Crippen molar-refractivity contribution >= 4 is 17.5 Å². The van der Waals surface area contributed by atoms with Gasteiger partial charge in [-0.15, -0.1) is 0 Å². The van der Waals surface area contributed by atoms with E-state index in [1.165, 1.54) is 6.33 Å². The Kier molecular flexibility index (Phi) is 5.33. The van der Waals surface area contributed by atoms with Gasteiger partial charge in [-0.25, -0.2) is 9.97 Å². The smallest absolute Gasteiger partial charge is 0.257 e. The van der Waals surface area contributed by atoms with Gasteiger partial charge in [0, 0.05) is 35.5 Å². The first kappa shape index (κ1) is 20.2. The van der Waals surface area contributed by atoms with Crippen molar-refractivity contribution in [3.63, 3.8) is 0 Å². The lowest BCUT2D eigenvalue weighted by Gasteiger charge is -2.12. The van der Waals surface area contributed by atoms with Crippen molar-refractivity contribution in [3.8, 4) is 28.1 Å². The Morgan fingerprint density at radius 2 is 1.91 bits per heavy atom. The van der Waals surface area contributed by atoms with E-state index in [2.05, 4.69) is 20.4 Å². The molecule has 0 saturated carbocycles. The molecule has 1 amide bonds. The number of aryl methyl sites for hydroxylation is 1. The maximum atomic E-state index is 12.9. The van der Waals surface area contributed by atoms with Crippen molar-refractivity contribution in [2.45, 2.75) is 19.4 Å². The molecule has 0 spiro atoms. The summed E-state index contributed by atoms with van der Waals surface area (Å²) in [5.74, 6) is 0.864. The van der Waals surface area contributed by atoms with Crippen LogP contribution in [0.3, 0.4) is 0 Å². The largest absolute Gasteiger partial charge is 0.486 e. The zero-order valence-corrected chi connectivity index (χ0v) is 18.0. The molecule has 0 bridgehead atoms. The lowest BCUT2D eigenvalue weighted by Crippen LogP contribution is -2.34. The number of hydrogen-bond acceptors (Lipinski definition) is 6. The predicted molar refractivity (Wildman–Crippen MR) is 120 cm³/mol. The average molecular weight is 447 g/mol. The fourth-order valence-corrected chi connectivity index (χ4v) is 4.13. The minimum atomic E-state index is -0.254. The molecule has 3 heterocycles. The van der Waals surface area contributed by atoms with Crippen molar-refractivity contribution in [1.82, 2.24) is 20.4 Å². The SMILES string of the molecule is Cc1onc(-c2ccccc2)c1C(=O)NCC1Cc2cc(-c3cncnc3)cc(Cl)c2O1. The second kappa shape index (κ2) is 8.43. The van der Waals surface area contributed by atoms with Gasteiger partial charge < -0.3 is 14.6 Å². The Balaban J connectivity index is 1.30. The molecule has 0 radical (unpaired) electrons. The first-order valence-electron chi connectivity index (χ1n) is 10.1. The van der Waals surface area contributed by atoms with Crippen molar-refractivity contribution in [1.29, 1.82) is 0 Å². The van der Waals surface area contributed by atoms with Gasteiger partial charge in [-0.1, -0.05) is 47.1 Å². The minimum Gasteiger partial charge on any atom is -0.486 e. The molecule has 7 nitrogen and oxygen atoms in total. The van der Waals surface area contributed by atoms with E-state index in [0.717, 1.165) is 22.3 Å². The molecule has 0 aliphatic carbocycles. The van der Waals surface area contributed by atoms with Crippen LogP contribution in [0.4, 0.5) is 0 Å². The Labute approximate surface area is 189 Å². The van der Waals surface area contributed by atoms with Crippen molar-refractivity contribution in [3.05, 3.63) is 83.1 Å². The van der Waals surface area contributed by atoms with Crippen LogP contribution in [-0.2, 0) is 6.42 Å². The standard InChI is InChI=1S/C24H19ClN4O3/c1-14-21(22(29-32-14)15-5-3-2-4-6-15)24(30)28-12-19-8-17-7-16(9-20(25)23(17)31-19)18-10-26-13-27-11-18/h2-7,9-11,13,19H,8,12H2,1H3,(H,28,30). The van der Waals surface area contributed by atoms with Crippen LogP contribution in [0.25, 0.3) is 22.4 Å². The second-order valence-corrected chi connectivity index (χ2v) is 7.96. The topological polar surface area (TPSA) is 90.1 Å². The molecule has 1 atom stereocenters. The van der Waals surface area contributed by atoms with Crippen molar-refractivity contribution in [2.24, 2.45) is 0 Å². The van der Waals surface area contributed by atoms with Gasteiger partial charge >= 0.3 is 0 Å². The highest BCUT2D eigenvalue weighted by Crippen LogP contribution is 2.39. The molecule has 1 unspecified atom stereocenters. The van der Waals surface area contributed by atoms with E-state index in [0.29, 0.717) is 40.8 Å². The molecule has 8 heteroatoms. The molecule has 1 aliphatic rings. The zero-order valence-electron chi connectivity index (χ0n) is 17.2. The quantitative estimate of drug-likeness (QED) is 0.485. The van der Waals surface area contributed by atoms with E-state index in [4.69, 9.17) is 20.9 Å². The van der Waals surface area contributed by atoms with Crippen LogP contribution in [0, 0.1) is 6.92 Å². The minimum absolute atomic E-state index is 0.228. The van der Waals surface area contributed by atoms with Crippen molar-refractivity contribution < 1.29 is 14.1 Å². The number of rotatable bonds is 5. The number of hydrogen-bond donors (Lipinski definition) is 1. The molecular formula is C24H19ClN4O3. The highest BCUT2D eigenvalue weighted by molar-refractivity contribution is 6.32. The summed E-state index contributed by atoms with van der Waals surface area (Å²) in [5.41, 5.74) is 4.57. The number of nitrogens with one attached hydrogen (secondary N) is 1. The number of ether oxygens (including phenoxy) is 1. The Morgan fingerprint density at radius 3 is 2.69 bits per heavy atom.